The lowest BCUT2D eigenvalue weighted by Crippen LogP contribution is -2.04. The van der Waals surface area contributed by atoms with Crippen LogP contribution in [0, 0.1) is 0 Å². The van der Waals surface area contributed by atoms with Gasteiger partial charge in [0.25, 0.3) is 0 Å². The van der Waals surface area contributed by atoms with Crippen molar-refractivity contribution in [1.82, 2.24) is 4.98 Å². The summed E-state index contributed by atoms with van der Waals surface area (Å²) in [5.41, 5.74) is -0.0506. The van der Waals surface area contributed by atoms with Gasteiger partial charge in [-0.25, -0.2) is 9.78 Å². The molecule has 4 nitrogen and oxygen atoms in total. The highest BCUT2D eigenvalue weighted by atomic mass is 19.4. The average molecular weight is 307 g/mol. The number of hydrogen-bond donors (Lipinski definition) is 1. The van der Waals surface area contributed by atoms with Gasteiger partial charge < -0.3 is 9.52 Å². The van der Waals surface area contributed by atoms with Crippen molar-refractivity contribution >= 4 is 17.1 Å². The molecule has 2 aromatic carbocycles. The first-order valence-electron chi connectivity index (χ1n) is 6.16. The lowest BCUT2D eigenvalue weighted by molar-refractivity contribution is -0.137. The number of nitrogens with zero attached hydrogens (tertiary/aromatic N) is 1. The Bertz CT molecular complexity index is 868. The first kappa shape index (κ1) is 14.1. The third-order valence-electron chi connectivity index (χ3n) is 3.07. The van der Waals surface area contributed by atoms with Crippen LogP contribution < -0.4 is 0 Å². The Morgan fingerprint density at radius 1 is 1.14 bits per heavy atom. The van der Waals surface area contributed by atoms with E-state index in [4.69, 9.17) is 9.52 Å². The maximum Gasteiger partial charge on any atom is 0.416 e. The molecule has 0 fully saturated rings. The summed E-state index contributed by atoms with van der Waals surface area (Å²) >= 11 is 0. The van der Waals surface area contributed by atoms with E-state index in [-0.39, 0.29) is 22.6 Å². The van der Waals surface area contributed by atoms with Crippen LogP contribution in [0.15, 0.2) is 46.9 Å². The SMILES string of the molecule is O=C(O)c1ccc2nc(-c3cccc(C(F)(F)F)c3)oc2c1. The van der Waals surface area contributed by atoms with Crippen LogP contribution >= 0.6 is 0 Å². The van der Waals surface area contributed by atoms with Gasteiger partial charge in [0.1, 0.15) is 5.52 Å². The van der Waals surface area contributed by atoms with Crippen LogP contribution in [0.25, 0.3) is 22.6 Å². The number of rotatable bonds is 2. The van der Waals surface area contributed by atoms with Crippen molar-refractivity contribution in [2.75, 3.05) is 0 Å². The van der Waals surface area contributed by atoms with E-state index in [2.05, 4.69) is 4.98 Å². The van der Waals surface area contributed by atoms with E-state index >= 15 is 0 Å². The molecule has 0 radical (unpaired) electrons. The molecule has 0 saturated carbocycles. The van der Waals surface area contributed by atoms with Crippen LogP contribution in [0.1, 0.15) is 15.9 Å². The molecule has 3 rings (SSSR count). The fraction of sp³-hybridized carbons (Fsp3) is 0.0667. The fourth-order valence-electron chi connectivity index (χ4n) is 2.01. The molecule has 3 aromatic rings. The van der Waals surface area contributed by atoms with E-state index < -0.39 is 17.7 Å². The van der Waals surface area contributed by atoms with E-state index in [1.165, 1.54) is 30.3 Å². The number of halogens is 3. The molecule has 7 heteroatoms. The minimum atomic E-state index is -4.46. The summed E-state index contributed by atoms with van der Waals surface area (Å²) in [6.45, 7) is 0. The van der Waals surface area contributed by atoms with Crippen LogP contribution in [0.4, 0.5) is 13.2 Å². The molecule has 0 amide bonds. The Hall–Kier alpha value is -2.83. The molecule has 1 heterocycles. The Kier molecular flexibility index (Phi) is 3.13. The highest BCUT2D eigenvalue weighted by Gasteiger charge is 2.30. The number of carbonyl (C=O) groups is 1. The van der Waals surface area contributed by atoms with E-state index in [9.17, 15) is 18.0 Å². The quantitative estimate of drug-likeness (QED) is 0.770. The molecular formula is C15H8F3NO3. The Morgan fingerprint density at radius 2 is 1.91 bits per heavy atom. The van der Waals surface area contributed by atoms with Crippen LogP contribution in [0.3, 0.4) is 0 Å². The first-order valence-corrected chi connectivity index (χ1v) is 6.16. The van der Waals surface area contributed by atoms with Gasteiger partial charge >= 0.3 is 12.1 Å². The molecule has 0 unspecified atom stereocenters. The van der Waals surface area contributed by atoms with Crippen LogP contribution in [0.5, 0.6) is 0 Å². The number of oxazole rings is 1. The van der Waals surface area contributed by atoms with Crippen LogP contribution in [-0.4, -0.2) is 16.1 Å². The molecule has 112 valence electrons. The second kappa shape index (κ2) is 4.87. The maximum atomic E-state index is 12.7. The molecule has 1 N–H and O–H groups in total. The lowest BCUT2D eigenvalue weighted by Gasteiger charge is -2.06. The zero-order valence-electron chi connectivity index (χ0n) is 10.9. The maximum absolute atomic E-state index is 12.7. The number of benzene rings is 2. The zero-order chi connectivity index (χ0) is 15.9. The normalized spacial score (nSPS) is 11.8. The third kappa shape index (κ3) is 2.52. The minimum absolute atomic E-state index is 0.00337. The molecule has 0 saturated heterocycles. The predicted octanol–water partition coefficient (Wildman–Crippen LogP) is 4.21. The molecule has 0 aliphatic heterocycles. The van der Waals surface area contributed by atoms with Crippen molar-refractivity contribution < 1.29 is 27.5 Å². The van der Waals surface area contributed by atoms with Crippen molar-refractivity contribution in [3.63, 3.8) is 0 Å². The number of hydrogen-bond acceptors (Lipinski definition) is 3. The molecule has 0 spiro atoms. The van der Waals surface area contributed by atoms with E-state index in [0.29, 0.717) is 5.52 Å². The highest BCUT2D eigenvalue weighted by Crippen LogP contribution is 2.32. The molecule has 22 heavy (non-hydrogen) atoms. The van der Waals surface area contributed by atoms with Crippen molar-refractivity contribution in [1.29, 1.82) is 0 Å². The Labute approximate surface area is 121 Å². The monoisotopic (exact) mass is 307 g/mol. The summed E-state index contributed by atoms with van der Waals surface area (Å²) in [7, 11) is 0. The van der Waals surface area contributed by atoms with Gasteiger partial charge in [-0.2, -0.15) is 13.2 Å². The van der Waals surface area contributed by atoms with Crippen molar-refractivity contribution in [3.8, 4) is 11.5 Å². The van der Waals surface area contributed by atoms with Crippen molar-refractivity contribution in [2.24, 2.45) is 0 Å². The van der Waals surface area contributed by atoms with Gasteiger partial charge in [-0.1, -0.05) is 6.07 Å². The van der Waals surface area contributed by atoms with Gasteiger partial charge in [-0.15, -0.1) is 0 Å². The van der Waals surface area contributed by atoms with E-state index in [1.54, 1.807) is 0 Å². The zero-order valence-corrected chi connectivity index (χ0v) is 10.9. The van der Waals surface area contributed by atoms with Crippen molar-refractivity contribution in [2.45, 2.75) is 6.18 Å². The van der Waals surface area contributed by atoms with E-state index in [0.717, 1.165) is 12.1 Å². The molecule has 0 aliphatic carbocycles. The standard InChI is InChI=1S/C15H8F3NO3/c16-15(17,18)10-3-1-2-8(6-10)13-19-11-5-4-9(14(20)21)7-12(11)22-13/h1-7H,(H,20,21). The molecular weight excluding hydrogens is 299 g/mol. The van der Waals surface area contributed by atoms with Crippen molar-refractivity contribution in [3.05, 3.63) is 53.6 Å². The molecule has 0 aliphatic rings. The number of carboxylic acid groups (broad SMARTS) is 1. The molecule has 0 atom stereocenters. The Morgan fingerprint density at radius 3 is 2.59 bits per heavy atom. The second-order valence-electron chi connectivity index (χ2n) is 4.59. The third-order valence-corrected chi connectivity index (χ3v) is 3.07. The molecule has 0 bridgehead atoms. The summed E-state index contributed by atoms with van der Waals surface area (Å²) in [6, 6.07) is 8.66. The fourth-order valence-corrected chi connectivity index (χ4v) is 2.01. The Balaban J connectivity index is 2.09. The largest absolute Gasteiger partial charge is 0.478 e. The summed E-state index contributed by atoms with van der Waals surface area (Å²) in [5, 5.41) is 8.91. The number of aromatic carboxylic acids is 1. The second-order valence-corrected chi connectivity index (χ2v) is 4.59. The summed E-state index contributed by atoms with van der Waals surface area (Å²) < 4.78 is 43.5. The van der Waals surface area contributed by atoms with Gasteiger partial charge in [0.2, 0.25) is 5.89 Å². The smallest absolute Gasteiger partial charge is 0.416 e. The van der Waals surface area contributed by atoms with Gasteiger partial charge in [-0.3, -0.25) is 0 Å². The number of alkyl halides is 3. The topological polar surface area (TPSA) is 63.3 Å². The first-order chi connectivity index (χ1) is 10.3. The van der Waals surface area contributed by atoms with E-state index in [1.807, 2.05) is 0 Å². The van der Waals surface area contributed by atoms with Gasteiger partial charge in [-0.05, 0) is 36.4 Å². The number of carboxylic acids is 1. The number of fused-ring (bicyclic) bond motifs is 1. The summed E-state index contributed by atoms with van der Waals surface area (Å²) in [4.78, 5) is 15.0. The lowest BCUT2D eigenvalue weighted by atomic mass is 10.1. The minimum Gasteiger partial charge on any atom is -0.478 e. The summed E-state index contributed by atoms with van der Waals surface area (Å²) in [5.74, 6) is -1.12. The predicted molar refractivity (Wildman–Crippen MR) is 71.4 cm³/mol. The van der Waals surface area contributed by atoms with Gasteiger partial charge in [0.05, 0.1) is 11.1 Å². The van der Waals surface area contributed by atoms with Crippen LogP contribution in [0.2, 0.25) is 0 Å². The van der Waals surface area contributed by atoms with Gasteiger partial charge in [0, 0.05) is 5.56 Å². The van der Waals surface area contributed by atoms with Crippen LogP contribution in [-0.2, 0) is 6.18 Å². The average Bonchev–Trinajstić information content (AvgIpc) is 2.89. The highest BCUT2D eigenvalue weighted by molar-refractivity contribution is 5.92. The number of aromatic nitrogens is 1. The molecule has 1 aromatic heterocycles. The summed E-state index contributed by atoms with van der Waals surface area (Å²) in [6.07, 6.45) is -4.46. The van der Waals surface area contributed by atoms with Gasteiger partial charge in [0.15, 0.2) is 5.58 Å².